The molecule has 0 bridgehead atoms. The number of aliphatic hydroxyl groups excluding tert-OH is 1. The first-order valence-corrected chi connectivity index (χ1v) is 7.82. The minimum Gasteiger partial charge on any atom is -0.510 e. The van der Waals surface area contributed by atoms with Gasteiger partial charge in [0.05, 0.1) is 6.04 Å². The van der Waals surface area contributed by atoms with Crippen molar-refractivity contribution >= 4 is 11.5 Å². The molecular formula is C18H29NO2. The third kappa shape index (κ3) is 4.92. The Morgan fingerprint density at radius 2 is 1.67 bits per heavy atom. The van der Waals surface area contributed by atoms with Gasteiger partial charge in [-0.3, -0.25) is 4.79 Å². The van der Waals surface area contributed by atoms with E-state index in [0.29, 0.717) is 12.0 Å². The number of hydrogen-bond acceptors (Lipinski definition) is 3. The van der Waals surface area contributed by atoms with Gasteiger partial charge in [-0.1, -0.05) is 45.9 Å². The van der Waals surface area contributed by atoms with Crippen LogP contribution in [0.5, 0.6) is 0 Å². The van der Waals surface area contributed by atoms with Crippen molar-refractivity contribution in [3.05, 3.63) is 41.7 Å². The third-order valence-electron chi connectivity index (χ3n) is 3.35. The van der Waals surface area contributed by atoms with Gasteiger partial charge in [0.2, 0.25) is 0 Å². The van der Waals surface area contributed by atoms with Crippen LogP contribution < -0.4 is 4.90 Å². The normalized spacial score (nSPS) is 16.4. The zero-order valence-electron chi connectivity index (χ0n) is 14.2. The summed E-state index contributed by atoms with van der Waals surface area (Å²) in [6.07, 6.45) is 1.47. The van der Waals surface area contributed by atoms with Crippen LogP contribution in [0.2, 0.25) is 0 Å². The van der Waals surface area contributed by atoms with Gasteiger partial charge in [0, 0.05) is 18.3 Å². The second-order valence-corrected chi connectivity index (χ2v) is 4.42. The number of carbonyl (C=O) groups excluding carboxylic acids is 1. The summed E-state index contributed by atoms with van der Waals surface area (Å²) in [5.41, 5.74) is 1.63. The van der Waals surface area contributed by atoms with Gasteiger partial charge < -0.3 is 10.0 Å². The van der Waals surface area contributed by atoms with E-state index in [2.05, 4.69) is 0 Å². The Morgan fingerprint density at radius 1 is 1.14 bits per heavy atom. The maximum Gasteiger partial charge on any atom is 0.159 e. The van der Waals surface area contributed by atoms with E-state index in [0.717, 1.165) is 12.1 Å². The fraction of sp³-hybridized carbons (Fsp3) is 0.500. The fourth-order valence-corrected chi connectivity index (χ4v) is 2.32. The molecule has 1 atom stereocenters. The van der Waals surface area contributed by atoms with Gasteiger partial charge in [0.1, 0.15) is 5.76 Å². The van der Waals surface area contributed by atoms with Gasteiger partial charge >= 0.3 is 0 Å². The van der Waals surface area contributed by atoms with Crippen molar-refractivity contribution in [2.45, 2.75) is 53.5 Å². The molecule has 118 valence electrons. The molecule has 0 fully saturated rings. The van der Waals surface area contributed by atoms with Gasteiger partial charge in [-0.05, 0) is 31.9 Å². The van der Waals surface area contributed by atoms with Crippen molar-refractivity contribution in [3.8, 4) is 0 Å². The van der Waals surface area contributed by atoms with Crippen LogP contribution in [0.15, 0.2) is 41.7 Å². The van der Waals surface area contributed by atoms with Gasteiger partial charge in [-0.15, -0.1) is 0 Å². The summed E-state index contributed by atoms with van der Waals surface area (Å²) in [5, 5.41) is 10.1. The highest BCUT2D eigenvalue weighted by molar-refractivity contribution is 5.94. The summed E-state index contributed by atoms with van der Waals surface area (Å²) < 4.78 is 0. The number of hydrogen-bond donors (Lipinski definition) is 1. The molecule has 0 heterocycles. The molecule has 3 nitrogen and oxygen atoms in total. The standard InChI is InChI=1S/C14H17NO2.2C2H6/c1-10(16)12-8-9-13(14(12)17)15(2)11-6-4-3-5-7-11;2*1-2/h3-7,13,17H,8-9H2,1-2H3;2*1-2H3. The highest BCUT2D eigenvalue weighted by Crippen LogP contribution is 2.31. The van der Waals surface area contributed by atoms with Crippen LogP contribution in [0.25, 0.3) is 0 Å². The van der Waals surface area contributed by atoms with Crippen molar-refractivity contribution in [1.29, 1.82) is 0 Å². The smallest absolute Gasteiger partial charge is 0.159 e. The van der Waals surface area contributed by atoms with Gasteiger partial charge in [-0.25, -0.2) is 0 Å². The molecule has 0 radical (unpaired) electrons. The minimum absolute atomic E-state index is 0.0218. The van der Waals surface area contributed by atoms with E-state index < -0.39 is 0 Å². The summed E-state index contributed by atoms with van der Waals surface area (Å²) in [6.45, 7) is 9.51. The molecule has 2 rings (SSSR count). The highest BCUT2D eigenvalue weighted by atomic mass is 16.3. The van der Waals surface area contributed by atoms with Gasteiger partial charge in [0.15, 0.2) is 5.78 Å². The van der Waals surface area contributed by atoms with Crippen molar-refractivity contribution in [2.75, 3.05) is 11.9 Å². The molecule has 0 amide bonds. The van der Waals surface area contributed by atoms with Crippen molar-refractivity contribution in [1.82, 2.24) is 0 Å². The number of likely N-dealkylation sites (N-methyl/N-ethyl adjacent to an activating group) is 1. The largest absolute Gasteiger partial charge is 0.510 e. The third-order valence-corrected chi connectivity index (χ3v) is 3.35. The second kappa shape index (κ2) is 10.0. The predicted octanol–water partition coefficient (Wildman–Crippen LogP) is 4.74. The first kappa shape index (κ1) is 19.2. The zero-order chi connectivity index (χ0) is 16.4. The van der Waals surface area contributed by atoms with E-state index >= 15 is 0 Å². The minimum atomic E-state index is -0.0729. The topological polar surface area (TPSA) is 40.5 Å². The molecule has 0 aliphatic heterocycles. The lowest BCUT2D eigenvalue weighted by atomic mass is 10.2. The molecule has 0 spiro atoms. The lowest BCUT2D eigenvalue weighted by Gasteiger charge is -2.26. The molecule has 1 aromatic rings. The molecule has 1 unspecified atom stereocenters. The van der Waals surface area contributed by atoms with E-state index in [1.54, 1.807) is 0 Å². The van der Waals surface area contributed by atoms with Crippen LogP contribution in [-0.4, -0.2) is 24.0 Å². The summed E-state index contributed by atoms with van der Waals surface area (Å²) in [5.74, 6) is 0.218. The Bertz CT molecular complexity index is 452. The number of para-hydroxylation sites is 1. The number of rotatable bonds is 3. The molecule has 0 saturated carbocycles. The van der Waals surface area contributed by atoms with Gasteiger partial charge in [-0.2, -0.15) is 0 Å². The lowest BCUT2D eigenvalue weighted by Crippen LogP contribution is -2.31. The number of Topliss-reactive ketones (excluding diaryl/α,β-unsaturated/α-hetero) is 1. The number of nitrogens with zero attached hydrogens (tertiary/aromatic N) is 1. The predicted molar refractivity (Wildman–Crippen MR) is 90.9 cm³/mol. The Labute approximate surface area is 129 Å². The Kier molecular flexibility index (Phi) is 9.18. The number of carbonyl (C=O) groups is 1. The van der Waals surface area contributed by atoms with Crippen molar-refractivity contribution < 1.29 is 9.90 Å². The molecular weight excluding hydrogens is 262 g/mol. The second-order valence-electron chi connectivity index (χ2n) is 4.42. The van der Waals surface area contributed by atoms with Crippen LogP contribution in [0.1, 0.15) is 47.5 Å². The monoisotopic (exact) mass is 291 g/mol. The van der Waals surface area contributed by atoms with E-state index in [4.69, 9.17) is 0 Å². The maximum absolute atomic E-state index is 11.3. The summed E-state index contributed by atoms with van der Waals surface area (Å²) in [7, 11) is 1.94. The van der Waals surface area contributed by atoms with Crippen LogP contribution in [-0.2, 0) is 4.79 Å². The highest BCUT2D eigenvalue weighted by Gasteiger charge is 2.30. The van der Waals surface area contributed by atoms with Gasteiger partial charge in [0.25, 0.3) is 0 Å². The average Bonchev–Trinajstić information content (AvgIpc) is 2.93. The summed E-state index contributed by atoms with van der Waals surface area (Å²) in [4.78, 5) is 13.3. The molecule has 0 saturated heterocycles. The van der Waals surface area contributed by atoms with Crippen molar-refractivity contribution in [3.63, 3.8) is 0 Å². The first-order chi connectivity index (χ1) is 10.1. The maximum atomic E-state index is 11.3. The first-order valence-electron chi connectivity index (χ1n) is 7.82. The number of aliphatic hydroxyl groups is 1. The van der Waals surface area contributed by atoms with E-state index in [-0.39, 0.29) is 17.6 Å². The number of allylic oxidation sites excluding steroid dienone is 1. The molecule has 1 N–H and O–H groups in total. The van der Waals surface area contributed by atoms with Crippen molar-refractivity contribution in [2.24, 2.45) is 0 Å². The fourth-order valence-electron chi connectivity index (χ4n) is 2.32. The lowest BCUT2D eigenvalue weighted by molar-refractivity contribution is -0.113. The Hall–Kier alpha value is -1.77. The van der Waals surface area contributed by atoms with Crippen LogP contribution in [0, 0.1) is 0 Å². The summed E-state index contributed by atoms with van der Waals surface area (Å²) in [6, 6.07) is 9.82. The molecule has 1 aliphatic carbocycles. The Balaban J connectivity index is 0.000000921. The summed E-state index contributed by atoms with van der Waals surface area (Å²) >= 11 is 0. The molecule has 3 heteroatoms. The van der Waals surface area contributed by atoms with Crippen LogP contribution in [0.3, 0.4) is 0 Å². The van der Waals surface area contributed by atoms with E-state index in [1.165, 1.54) is 6.92 Å². The van der Waals surface area contributed by atoms with E-state index in [9.17, 15) is 9.90 Å². The van der Waals surface area contributed by atoms with Crippen LogP contribution in [0.4, 0.5) is 5.69 Å². The molecule has 1 aromatic carbocycles. The Morgan fingerprint density at radius 3 is 2.10 bits per heavy atom. The SMILES string of the molecule is CC.CC.CC(=O)C1=C(O)C(N(C)c2ccccc2)CC1. The molecule has 0 aromatic heterocycles. The van der Waals surface area contributed by atoms with Crippen LogP contribution >= 0.6 is 0 Å². The average molecular weight is 291 g/mol. The number of benzene rings is 1. The molecule has 1 aliphatic rings. The van der Waals surface area contributed by atoms with E-state index in [1.807, 2.05) is 70.0 Å². The number of anilines is 1. The number of ketones is 1. The zero-order valence-corrected chi connectivity index (χ0v) is 14.2. The molecule has 21 heavy (non-hydrogen) atoms. The quantitative estimate of drug-likeness (QED) is 0.874.